The van der Waals surface area contributed by atoms with Gasteiger partial charge >= 0.3 is 0 Å². The molecule has 1 fully saturated rings. The Morgan fingerprint density at radius 1 is 1.42 bits per heavy atom. The highest BCUT2D eigenvalue weighted by Crippen LogP contribution is 2.26. The smallest absolute Gasteiger partial charge is 0.240 e. The zero-order valence-electron chi connectivity index (χ0n) is 10.7. The van der Waals surface area contributed by atoms with Gasteiger partial charge in [-0.1, -0.05) is 12.1 Å². The van der Waals surface area contributed by atoms with E-state index in [1.54, 1.807) is 12.1 Å². The van der Waals surface area contributed by atoms with Crippen molar-refractivity contribution < 1.29 is 18.3 Å². The molecular weight excluding hydrogens is 266 g/mol. The number of rotatable bonds is 5. The molecule has 5 nitrogen and oxygen atoms in total. The fraction of sp³-hybridized carbons (Fsp3) is 0.462. The van der Waals surface area contributed by atoms with Crippen LogP contribution in [0.2, 0.25) is 0 Å². The third-order valence-electron chi connectivity index (χ3n) is 3.32. The van der Waals surface area contributed by atoms with Crippen LogP contribution in [0.3, 0.4) is 0 Å². The Balaban J connectivity index is 2.06. The predicted molar refractivity (Wildman–Crippen MR) is 70.4 cm³/mol. The van der Waals surface area contributed by atoms with E-state index in [1.807, 2.05) is 0 Å². The quantitative estimate of drug-likeness (QED) is 0.788. The van der Waals surface area contributed by atoms with Crippen LogP contribution in [-0.4, -0.2) is 32.0 Å². The van der Waals surface area contributed by atoms with Gasteiger partial charge in [0.05, 0.1) is 11.0 Å². The fourth-order valence-corrected chi connectivity index (χ4v) is 3.22. The molecule has 0 saturated heterocycles. The van der Waals surface area contributed by atoms with Gasteiger partial charge in [0.1, 0.15) is 0 Å². The zero-order valence-corrected chi connectivity index (χ0v) is 11.5. The summed E-state index contributed by atoms with van der Waals surface area (Å²) in [5.41, 5.74) is 0.377. The van der Waals surface area contributed by atoms with Crippen LogP contribution >= 0.6 is 0 Å². The van der Waals surface area contributed by atoms with Gasteiger partial charge in [-0.15, -0.1) is 0 Å². The molecule has 1 aliphatic rings. The number of hydrogen-bond donors (Lipinski definition) is 2. The molecule has 0 bridgehead atoms. The fourth-order valence-electron chi connectivity index (χ4n) is 2.06. The SMILES string of the molecule is CC(=O)c1cccc(S(=O)(=O)NCC2CC(O)C2)c1. The third kappa shape index (κ3) is 3.40. The molecule has 2 N–H and O–H groups in total. The van der Waals surface area contributed by atoms with Crippen molar-refractivity contribution >= 4 is 15.8 Å². The molecule has 104 valence electrons. The van der Waals surface area contributed by atoms with E-state index in [2.05, 4.69) is 4.72 Å². The van der Waals surface area contributed by atoms with Crippen LogP contribution in [0.4, 0.5) is 0 Å². The Bertz CT molecular complexity index is 576. The van der Waals surface area contributed by atoms with Crippen molar-refractivity contribution in [3.8, 4) is 0 Å². The number of carbonyl (C=O) groups excluding carboxylic acids is 1. The lowest BCUT2D eigenvalue weighted by atomic mass is 9.83. The normalized spacial score (nSPS) is 22.8. The molecule has 1 aromatic carbocycles. The standard InChI is InChI=1S/C13H17NO4S/c1-9(15)11-3-2-4-13(7-11)19(17,18)14-8-10-5-12(16)6-10/h2-4,7,10,12,14,16H,5-6,8H2,1H3. The van der Waals surface area contributed by atoms with E-state index >= 15 is 0 Å². The van der Waals surface area contributed by atoms with Crippen LogP contribution in [0.1, 0.15) is 30.1 Å². The van der Waals surface area contributed by atoms with Gasteiger partial charge in [0.2, 0.25) is 10.0 Å². The molecule has 1 saturated carbocycles. The number of ketones is 1. The Morgan fingerprint density at radius 2 is 2.11 bits per heavy atom. The first-order valence-electron chi connectivity index (χ1n) is 6.17. The van der Waals surface area contributed by atoms with Crippen LogP contribution in [0.5, 0.6) is 0 Å². The minimum Gasteiger partial charge on any atom is -0.393 e. The summed E-state index contributed by atoms with van der Waals surface area (Å²) >= 11 is 0. The number of aliphatic hydroxyl groups excluding tert-OH is 1. The second-order valence-corrected chi connectivity index (χ2v) is 6.69. The van der Waals surface area contributed by atoms with Crippen molar-refractivity contribution in [2.75, 3.05) is 6.54 Å². The predicted octanol–water partition coefficient (Wildman–Crippen LogP) is 0.938. The van der Waals surface area contributed by atoms with Gasteiger partial charge in [-0.25, -0.2) is 13.1 Å². The van der Waals surface area contributed by atoms with Crippen molar-refractivity contribution in [1.82, 2.24) is 4.72 Å². The highest BCUT2D eigenvalue weighted by molar-refractivity contribution is 7.89. The van der Waals surface area contributed by atoms with Gasteiger partial charge < -0.3 is 5.11 Å². The van der Waals surface area contributed by atoms with E-state index in [0.717, 1.165) is 0 Å². The monoisotopic (exact) mass is 283 g/mol. The van der Waals surface area contributed by atoms with Crippen LogP contribution in [0.25, 0.3) is 0 Å². The Labute approximate surface area is 112 Å². The lowest BCUT2D eigenvalue weighted by Gasteiger charge is -2.31. The maximum Gasteiger partial charge on any atom is 0.240 e. The number of hydrogen-bond acceptors (Lipinski definition) is 4. The van der Waals surface area contributed by atoms with E-state index in [9.17, 15) is 13.2 Å². The van der Waals surface area contributed by atoms with E-state index < -0.39 is 10.0 Å². The van der Waals surface area contributed by atoms with Crippen molar-refractivity contribution in [3.63, 3.8) is 0 Å². The number of Topliss-reactive ketones (excluding diaryl/α,β-unsaturated/α-hetero) is 1. The molecule has 6 heteroatoms. The van der Waals surface area contributed by atoms with E-state index in [-0.39, 0.29) is 22.7 Å². The average Bonchev–Trinajstić information content (AvgIpc) is 2.33. The highest BCUT2D eigenvalue weighted by Gasteiger charge is 2.28. The summed E-state index contributed by atoms with van der Waals surface area (Å²) in [6, 6.07) is 5.98. The van der Waals surface area contributed by atoms with Gasteiger partial charge in [-0.2, -0.15) is 0 Å². The summed E-state index contributed by atoms with van der Waals surface area (Å²) in [7, 11) is -3.59. The first-order valence-corrected chi connectivity index (χ1v) is 7.65. The Hall–Kier alpha value is -1.24. The zero-order chi connectivity index (χ0) is 14.0. The maximum absolute atomic E-state index is 12.0. The maximum atomic E-state index is 12.0. The number of sulfonamides is 1. The van der Waals surface area contributed by atoms with Gasteiger partial charge in [-0.05, 0) is 37.8 Å². The molecule has 0 aliphatic heterocycles. The molecule has 0 unspecified atom stereocenters. The molecule has 0 radical (unpaired) electrons. The number of nitrogens with one attached hydrogen (secondary N) is 1. The van der Waals surface area contributed by atoms with Crippen molar-refractivity contribution in [1.29, 1.82) is 0 Å². The minimum absolute atomic E-state index is 0.0973. The van der Waals surface area contributed by atoms with Crippen molar-refractivity contribution in [2.45, 2.75) is 30.8 Å². The highest BCUT2D eigenvalue weighted by atomic mass is 32.2. The average molecular weight is 283 g/mol. The molecule has 2 rings (SSSR count). The van der Waals surface area contributed by atoms with Crippen LogP contribution in [-0.2, 0) is 10.0 Å². The molecule has 0 aromatic heterocycles. The number of benzene rings is 1. The molecule has 1 aliphatic carbocycles. The van der Waals surface area contributed by atoms with Crippen LogP contribution in [0.15, 0.2) is 29.2 Å². The summed E-state index contributed by atoms with van der Waals surface area (Å²) in [6.07, 6.45) is 0.974. The minimum atomic E-state index is -3.59. The Kier molecular flexibility index (Phi) is 4.03. The molecule has 1 aromatic rings. The summed E-state index contributed by atoms with van der Waals surface area (Å²) in [5.74, 6) is 0.0277. The lowest BCUT2D eigenvalue weighted by molar-refractivity contribution is 0.0453. The van der Waals surface area contributed by atoms with Crippen LogP contribution in [0, 0.1) is 5.92 Å². The molecule has 0 spiro atoms. The third-order valence-corrected chi connectivity index (χ3v) is 4.74. The molecule has 19 heavy (non-hydrogen) atoms. The second kappa shape index (κ2) is 5.40. The van der Waals surface area contributed by atoms with Gasteiger partial charge in [0.15, 0.2) is 5.78 Å². The first kappa shape index (κ1) is 14.2. The van der Waals surface area contributed by atoms with E-state index in [1.165, 1.54) is 19.1 Å². The first-order chi connectivity index (χ1) is 8.88. The largest absolute Gasteiger partial charge is 0.393 e. The summed E-state index contributed by atoms with van der Waals surface area (Å²) in [6.45, 7) is 1.72. The summed E-state index contributed by atoms with van der Waals surface area (Å²) < 4.78 is 26.6. The molecule has 0 atom stereocenters. The van der Waals surface area contributed by atoms with E-state index in [4.69, 9.17) is 5.11 Å². The number of carbonyl (C=O) groups is 1. The molecule has 0 amide bonds. The van der Waals surface area contributed by atoms with Gasteiger partial charge in [-0.3, -0.25) is 4.79 Å². The van der Waals surface area contributed by atoms with Crippen LogP contribution < -0.4 is 4.72 Å². The van der Waals surface area contributed by atoms with Gasteiger partial charge in [0.25, 0.3) is 0 Å². The number of aliphatic hydroxyl groups is 1. The van der Waals surface area contributed by atoms with Crippen molar-refractivity contribution in [2.24, 2.45) is 5.92 Å². The second-order valence-electron chi connectivity index (χ2n) is 4.93. The summed E-state index contributed by atoms with van der Waals surface area (Å²) in [4.78, 5) is 11.3. The molecule has 0 heterocycles. The molecular formula is C13H17NO4S. The van der Waals surface area contributed by atoms with Gasteiger partial charge in [0, 0.05) is 12.1 Å². The topological polar surface area (TPSA) is 83.5 Å². The van der Waals surface area contributed by atoms with E-state index in [0.29, 0.717) is 24.9 Å². The summed E-state index contributed by atoms with van der Waals surface area (Å²) in [5, 5.41) is 9.15. The van der Waals surface area contributed by atoms with Crippen molar-refractivity contribution in [3.05, 3.63) is 29.8 Å². The lowest BCUT2D eigenvalue weighted by Crippen LogP contribution is -2.38. The Morgan fingerprint density at radius 3 is 2.68 bits per heavy atom.